The van der Waals surface area contributed by atoms with Gasteiger partial charge in [0, 0.05) is 5.56 Å². The van der Waals surface area contributed by atoms with E-state index in [0.29, 0.717) is 17.1 Å². The molecule has 132 valence electrons. The lowest BCUT2D eigenvalue weighted by molar-refractivity contribution is -0.125. The lowest BCUT2D eigenvalue weighted by Crippen LogP contribution is -2.34. The summed E-state index contributed by atoms with van der Waals surface area (Å²) in [5.74, 6) is 0.394. The van der Waals surface area contributed by atoms with Crippen molar-refractivity contribution in [3.63, 3.8) is 0 Å². The molecule has 1 heterocycles. The van der Waals surface area contributed by atoms with E-state index in [1.165, 1.54) is 5.56 Å². The van der Waals surface area contributed by atoms with Gasteiger partial charge in [0.15, 0.2) is 6.61 Å². The number of rotatable bonds is 4. The van der Waals surface area contributed by atoms with Crippen LogP contribution in [0, 0.1) is 20.8 Å². The molecule has 0 unspecified atom stereocenters. The zero-order valence-electron chi connectivity index (χ0n) is 14.8. The van der Waals surface area contributed by atoms with Crippen molar-refractivity contribution in [2.75, 3.05) is 6.61 Å². The van der Waals surface area contributed by atoms with Crippen molar-refractivity contribution in [2.24, 2.45) is 0 Å². The average Bonchev–Trinajstić information content (AvgIpc) is 2.85. The molecule has 1 aromatic carbocycles. The van der Waals surface area contributed by atoms with Gasteiger partial charge in [0.25, 0.3) is 5.91 Å². The topological polar surface area (TPSA) is 68.5 Å². The van der Waals surface area contributed by atoms with Gasteiger partial charge in [-0.1, -0.05) is 24.3 Å². The number of ether oxygens (including phenoxy) is 1. The molecule has 2 aromatic rings. The van der Waals surface area contributed by atoms with Gasteiger partial charge in [-0.2, -0.15) is 0 Å². The SMILES string of the molecule is Cc1oc(C)c(C(=O)OCC(=O)N[C@@H]2CCCc3ccccc32)c1C. The Labute approximate surface area is 147 Å². The number of nitrogens with one attached hydrogen (secondary N) is 1. The van der Waals surface area contributed by atoms with Crippen LogP contribution >= 0.6 is 0 Å². The summed E-state index contributed by atoms with van der Waals surface area (Å²) in [5.41, 5.74) is 3.60. The van der Waals surface area contributed by atoms with E-state index >= 15 is 0 Å². The predicted octanol–water partition coefficient (Wildman–Crippen LogP) is 3.56. The molecule has 0 fully saturated rings. The Bertz CT molecular complexity index is 806. The zero-order chi connectivity index (χ0) is 18.0. The molecule has 5 heteroatoms. The zero-order valence-corrected chi connectivity index (χ0v) is 14.8. The van der Waals surface area contributed by atoms with Crippen molar-refractivity contribution in [3.05, 3.63) is 58.0 Å². The van der Waals surface area contributed by atoms with Gasteiger partial charge < -0.3 is 14.5 Å². The van der Waals surface area contributed by atoms with Crippen molar-refractivity contribution < 1.29 is 18.7 Å². The minimum atomic E-state index is -0.522. The highest BCUT2D eigenvalue weighted by Crippen LogP contribution is 2.29. The van der Waals surface area contributed by atoms with Gasteiger partial charge in [0.1, 0.15) is 17.1 Å². The molecule has 0 spiro atoms. The van der Waals surface area contributed by atoms with Crippen LogP contribution in [0.15, 0.2) is 28.7 Å². The highest BCUT2D eigenvalue weighted by Gasteiger charge is 2.23. The lowest BCUT2D eigenvalue weighted by atomic mass is 9.88. The number of benzene rings is 1. The maximum Gasteiger partial charge on any atom is 0.342 e. The van der Waals surface area contributed by atoms with E-state index in [0.717, 1.165) is 30.4 Å². The molecule has 0 saturated heterocycles. The fourth-order valence-electron chi connectivity index (χ4n) is 3.44. The third-order valence-electron chi connectivity index (χ3n) is 4.80. The summed E-state index contributed by atoms with van der Waals surface area (Å²) in [4.78, 5) is 24.5. The number of furan rings is 1. The fraction of sp³-hybridized carbons (Fsp3) is 0.400. The molecule has 1 atom stereocenters. The van der Waals surface area contributed by atoms with Crippen LogP contribution in [0.25, 0.3) is 0 Å². The number of aryl methyl sites for hydroxylation is 3. The first-order valence-electron chi connectivity index (χ1n) is 8.58. The third-order valence-corrected chi connectivity index (χ3v) is 4.80. The number of fused-ring (bicyclic) bond motifs is 1. The fourth-order valence-corrected chi connectivity index (χ4v) is 3.44. The van der Waals surface area contributed by atoms with Crippen molar-refractivity contribution in [1.82, 2.24) is 5.32 Å². The number of esters is 1. The Morgan fingerprint density at radius 2 is 1.96 bits per heavy atom. The second-order valence-electron chi connectivity index (χ2n) is 6.50. The standard InChI is InChI=1S/C20H23NO4/c1-12-13(2)25-14(3)19(12)20(23)24-11-18(22)21-17-10-6-8-15-7-4-5-9-16(15)17/h4-5,7,9,17H,6,8,10-11H2,1-3H3,(H,21,22)/t17-/m1/s1. The Morgan fingerprint density at radius 3 is 2.68 bits per heavy atom. The quantitative estimate of drug-likeness (QED) is 0.864. The first-order valence-corrected chi connectivity index (χ1v) is 8.58. The largest absolute Gasteiger partial charge is 0.465 e. The summed E-state index contributed by atoms with van der Waals surface area (Å²) in [7, 11) is 0. The second-order valence-corrected chi connectivity index (χ2v) is 6.50. The van der Waals surface area contributed by atoms with Gasteiger partial charge in [-0.3, -0.25) is 4.79 Å². The highest BCUT2D eigenvalue weighted by atomic mass is 16.5. The average molecular weight is 341 g/mol. The van der Waals surface area contributed by atoms with Gasteiger partial charge in [0.2, 0.25) is 0 Å². The van der Waals surface area contributed by atoms with E-state index in [2.05, 4.69) is 11.4 Å². The summed E-state index contributed by atoms with van der Waals surface area (Å²) in [5, 5.41) is 2.98. The summed E-state index contributed by atoms with van der Waals surface area (Å²) >= 11 is 0. The van der Waals surface area contributed by atoms with Gasteiger partial charge >= 0.3 is 5.97 Å². The van der Waals surface area contributed by atoms with Gasteiger partial charge in [-0.25, -0.2) is 4.79 Å². The maximum absolute atomic E-state index is 12.2. The van der Waals surface area contributed by atoms with E-state index < -0.39 is 5.97 Å². The molecule has 5 nitrogen and oxygen atoms in total. The van der Waals surface area contributed by atoms with Gasteiger partial charge in [-0.05, 0) is 51.2 Å². The first-order chi connectivity index (χ1) is 12.0. The molecule has 1 amide bonds. The van der Waals surface area contributed by atoms with Crippen LogP contribution in [0.4, 0.5) is 0 Å². The Kier molecular flexibility index (Phi) is 4.93. The second kappa shape index (κ2) is 7.13. The van der Waals surface area contributed by atoms with E-state index in [4.69, 9.17) is 9.15 Å². The van der Waals surface area contributed by atoms with Gasteiger partial charge in [-0.15, -0.1) is 0 Å². The van der Waals surface area contributed by atoms with Crippen molar-refractivity contribution in [2.45, 2.75) is 46.1 Å². The van der Waals surface area contributed by atoms with Crippen LogP contribution in [0.3, 0.4) is 0 Å². The summed E-state index contributed by atoms with van der Waals surface area (Å²) in [6.45, 7) is 5.03. The van der Waals surface area contributed by atoms with Crippen molar-refractivity contribution in [3.8, 4) is 0 Å². The van der Waals surface area contributed by atoms with Crippen LogP contribution < -0.4 is 5.32 Å². The summed E-state index contributed by atoms with van der Waals surface area (Å²) in [6, 6.07) is 8.13. The van der Waals surface area contributed by atoms with Crippen molar-refractivity contribution >= 4 is 11.9 Å². The molecular formula is C20H23NO4. The lowest BCUT2D eigenvalue weighted by Gasteiger charge is -2.26. The number of hydrogen-bond acceptors (Lipinski definition) is 4. The van der Waals surface area contributed by atoms with Crippen molar-refractivity contribution in [1.29, 1.82) is 0 Å². The molecule has 0 saturated carbocycles. The predicted molar refractivity (Wildman–Crippen MR) is 93.5 cm³/mol. The molecule has 1 N–H and O–H groups in total. The Hall–Kier alpha value is -2.56. The molecule has 1 aliphatic rings. The number of carbonyl (C=O) groups excluding carboxylic acids is 2. The van der Waals surface area contributed by atoms with E-state index in [1.54, 1.807) is 13.8 Å². The minimum absolute atomic E-state index is 0.0178. The first kappa shape index (κ1) is 17.3. The molecule has 0 bridgehead atoms. The Balaban J connectivity index is 1.60. The van der Waals surface area contributed by atoms with E-state index in [-0.39, 0.29) is 18.6 Å². The number of amides is 1. The Morgan fingerprint density at radius 1 is 1.20 bits per heavy atom. The minimum Gasteiger partial charge on any atom is -0.465 e. The van der Waals surface area contributed by atoms with Crippen LogP contribution in [0.5, 0.6) is 0 Å². The third kappa shape index (κ3) is 3.60. The molecule has 1 aliphatic carbocycles. The monoisotopic (exact) mass is 341 g/mol. The highest BCUT2D eigenvalue weighted by molar-refractivity contribution is 5.93. The molecule has 25 heavy (non-hydrogen) atoms. The maximum atomic E-state index is 12.2. The molecule has 1 aromatic heterocycles. The molecular weight excluding hydrogens is 318 g/mol. The number of hydrogen-bond donors (Lipinski definition) is 1. The van der Waals surface area contributed by atoms with Crippen LogP contribution in [-0.4, -0.2) is 18.5 Å². The van der Waals surface area contributed by atoms with E-state index in [1.807, 2.05) is 25.1 Å². The van der Waals surface area contributed by atoms with Crippen LogP contribution in [0.1, 0.15) is 57.5 Å². The molecule has 3 rings (SSSR count). The van der Waals surface area contributed by atoms with E-state index in [9.17, 15) is 9.59 Å². The molecule has 0 aliphatic heterocycles. The number of carbonyl (C=O) groups is 2. The summed E-state index contributed by atoms with van der Waals surface area (Å²) in [6.07, 6.45) is 2.97. The molecule has 0 radical (unpaired) electrons. The smallest absolute Gasteiger partial charge is 0.342 e. The normalized spacial score (nSPS) is 16.2. The summed E-state index contributed by atoms with van der Waals surface area (Å²) < 4.78 is 10.6. The van der Waals surface area contributed by atoms with Crippen LogP contribution in [-0.2, 0) is 16.0 Å². The van der Waals surface area contributed by atoms with Crippen LogP contribution in [0.2, 0.25) is 0 Å². The van der Waals surface area contributed by atoms with Gasteiger partial charge in [0.05, 0.1) is 6.04 Å².